The molecular formula is C12H11BrN2O3. The van der Waals surface area contributed by atoms with Crippen LogP contribution in [0, 0.1) is 6.92 Å². The van der Waals surface area contributed by atoms with E-state index >= 15 is 0 Å². The van der Waals surface area contributed by atoms with Crippen LogP contribution in [0.3, 0.4) is 0 Å². The van der Waals surface area contributed by atoms with Crippen molar-refractivity contribution >= 4 is 27.5 Å². The van der Waals surface area contributed by atoms with Crippen molar-refractivity contribution in [1.82, 2.24) is 5.16 Å². The fourth-order valence-corrected chi connectivity index (χ4v) is 1.79. The van der Waals surface area contributed by atoms with Gasteiger partial charge in [-0.2, -0.15) is 0 Å². The van der Waals surface area contributed by atoms with Crippen molar-refractivity contribution in [1.29, 1.82) is 0 Å². The number of rotatable bonds is 3. The Morgan fingerprint density at radius 2 is 2.22 bits per heavy atom. The lowest BCUT2D eigenvalue weighted by Crippen LogP contribution is -2.11. The van der Waals surface area contributed by atoms with Crippen molar-refractivity contribution in [2.24, 2.45) is 0 Å². The highest BCUT2D eigenvalue weighted by Gasteiger charge is 2.14. The number of benzene rings is 1. The predicted molar refractivity (Wildman–Crippen MR) is 69.9 cm³/mol. The van der Waals surface area contributed by atoms with Gasteiger partial charge in [-0.05, 0) is 25.1 Å². The fourth-order valence-electron chi connectivity index (χ4n) is 1.43. The molecule has 0 unspecified atom stereocenters. The highest BCUT2D eigenvalue weighted by Crippen LogP contribution is 2.28. The summed E-state index contributed by atoms with van der Waals surface area (Å²) in [7, 11) is 1.54. The number of aromatic nitrogens is 1. The first-order valence-electron chi connectivity index (χ1n) is 5.18. The van der Waals surface area contributed by atoms with Crippen molar-refractivity contribution in [3.8, 4) is 5.75 Å². The van der Waals surface area contributed by atoms with E-state index in [4.69, 9.17) is 9.26 Å². The Morgan fingerprint density at radius 1 is 1.44 bits per heavy atom. The lowest BCUT2D eigenvalue weighted by molar-refractivity contribution is 0.0987. The maximum Gasteiger partial charge on any atom is 0.294 e. The van der Waals surface area contributed by atoms with E-state index in [0.717, 1.165) is 4.47 Å². The first kappa shape index (κ1) is 12.6. The zero-order valence-corrected chi connectivity index (χ0v) is 11.4. The number of halogens is 1. The number of nitrogens with zero attached hydrogens (tertiary/aromatic N) is 1. The number of methoxy groups -OCH3 is 1. The van der Waals surface area contributed by atoms with Gasteiger partial charge in [-0.3, -0.25) is 4.79 Å². The smallest absolute Gasteiger partial charge is 0.294 e. The second-order valence-corrected chi connectivity index (χ2v) is 4.55. The van der Waals surface area contributed by atoms with Crippen LogP contribution >= 0.6 is 15.9 Å². The quantitative estimate of drug-likeness (QED) is 0.946. The van der Waals surface area contributed by atoms with E-state index in [9.17, 15) is 4.79 Å². The molecule has 0 fully saturated rings. The van der Waals surface area contributed by atoms with E-state index in [2.05, 4.69) is 26.4 Å². The largest absolute Gasteiger partial charge is 0.495 e. The maximum atomic E-state index is 11.9. The molecule has 0 aliphatic carbocycles. The van der Waals surface area contributed by atoms with Crippen LogP contribution in [0.4, 0.5) is 5.69 Å². The van der Waals surface area contributed by atoms with E-state index in [0.29, 0.717) is 17.1 Å². The summed E-state index contributed by atoms with van der Waals surface area (Å²) >= 11 is 3.33. The number of hydrogen-bond donors (Lipinski definition) is 1. The predicted octanol–water partition coefficient (Wildman–Crippen LogP) is 3.01. The van der Waals surface area contributed by atoms with Crippen LogP contribution in [0.2, 0.25) is 0 Å². The molecule has 94 valence electrons. The molecule has 0 saturated heterocycles. The maximum absolute atomic E-state index is 11.9. The Kier molecular flexibility index (Phi) is 3.66. The molecule has 0 aliphatic rings. The van der Waals surface area contributed by atoms with Gasteiger partial charge in [-0.25, -0.2) is 0 Å². The van der Waals surface area contributed by atoms with Crippen molar-refractivity contribution in [2.75, 3.05) is 12.4 Å². The number of anilines is 1. The van der Waals surface area contributed by atoms with Gasteiger partial charge in [0.1, 0.15) is 5.75 Å². The van der Waals surface area contributed by atoms with Gasteiger partial charge in [0, 0.05) is 10.5 Å². The number of nitrogens with one attached hydrogen (secondary N) is 1. The standard InChI is InChI=1S/C12H11BrN2O3/c1-7-5-11(18-15-7)12(16)14-9-6-8(13)3-4-10(9)17-2/h3-6H,1-2H3,(H,14,16). The first-order chi connectivity index (χ1) is 8.60. The van der Waals surface area contributed by atoms with Gasteiger partial charge in [0.25, 0.3) is 5.91 Å². The molecule has 0 saturated carbocycles. The van der Waals surface area contributed by atoms with Gasteiger partial charge in [-0.1, -0.05) is 21.1 Å². The zero-order valence-electron chi connectivity index (χ0n) is 9.86. The summed E-state index contributed by atoms with van der Waals surface area (Å²) in [6, 6.07) is 6.90. The van der Waals surface area contributed by atoms with Crippen LogP contribution in [-0.2, 0) is 0 Å². The summed E-state index contributed by atoms with van der Waals surface area (Å²) in [5.74, 6) is 0.365. The minimum absolute atomic E-state index is 0.162. The third-order valence-electron chi connectivity index (χ3n) is 2.26. The highest BCUT2D eigenvalue weighted by atomic mass is 79.9. The lowest BCUT2D eigenvalue weighted by atomic mass is 10.3. The molecule has 0 bridgehead atoms. The average Bonchev–Trinajstić information content (AvgIpc) is 2.76. The summed E-state index contributed by atoms with van der Waals surface area (Å²) in [5, 5.41) is 6.37. The van der Waals surface area contributed by atoms with Crippen LogP contribution in [0.15, 0.2) is 33.3 Å². The summed E-state index contributed by atoms with van der Waals surface area (Å²) in [6.07, 6.45) is 0. The molecule has 1 aromatic carbocycles. The lowest BCUT2D eigenvalue weighted by Gasteiger charge is -2.09. The Morgan fingerprint density at radius 3 is 2.83 bits per heavy atom. The van der Waals surface area contributed by atoms with E-state index in [1.807, 2.05) is 6.07 Å². The number of aryl methyl sites for hydroxylation is 1. The van der Waals surface area contributed by atoms with Gasteiger partial charge in [0.15, 0.2) is 0 Å². The molecule has 6 heteroatoms. The van der Waals surface area contributed by atoms with Crippen molar-refractivity contribution < 1.29 is 14.1 Å². The summed E-state index contributed by atoms with van der Waals surface area (Å²) in [5.41, 5.74) is 1.22. The fraction of sp³-hybridized carbons (Fsp3) is 0.167. The number of carbonyl (C=O) groups is 1. The van der Waals surface area contributed by atoms with E-state index in [1.54, 1.807) is 25.1 Å². The third kappa shape index (κ3) is 2.70. The minimum Gasteiger partial charge on any atom is -0.495 e. The topological polar surface area (TPSA) is 64.4 Å². The minimum atomic E-state index is -0.369. The van der Waals surface area contributed by atoms with Crippen LogP contribution in [-0.4, -0.2) is 18.2 Å². The van der Waals surface area contributed by atoms with Crippen molar-refractivity contribution in [3.63, 3.8) is 0 Å². The molecule has 2 rings (SSSR count). The number of carbonyl (C=O) groups excluding carboxylic acids is 1. The van der Waals surface area contributed by atoms with E-state index < -0.39 is 0 Å². The molecule has 0 aliphatic heterocycles. The molecule has 1 aromatic heterocycles. The SMILES string of the molecule is COc1ccc(Br)cc1NC(=O)c1cc(C)no1. The molecule has 18 heavy (non-hydrogen) atoms. The number of amides is 1. The van der Waals surface area contributed by atoms with Gasteiger partial charge in [0.05, 0.1) is 18.5 Å². The monoisotopic (exact) mass is 310 g/mol. The second-order valence-electron chi connectivity index (χ2n) is 3.63. The summed E-state index contributed by atoms with van der Waals surface area (Å²) in [4.78, 5) is 11.9. The average molecular weight is 311 g/mol. The van der Waals surface area contributed by atoms with Crippen molar-refractivity contribution in [2.45, 2.75) is 6.92 Å². The highest BCUT2D eigenvalue weighted by molar-refractivity contribution is 9.10. The van der Waals surface area contributed by atoms with Crippen LogP contribution in [0.1, 0.15) is 16.2 Å². The van der Waals surface area contributed by atoms with E-state index in [1.165, 1.54) is 7.11 Å². The Labute approximate surface area is 112 Å². The molecular weight excluding hydrogens is 300 g/mol. The molecule has 1 N–H and O–H groups in total. The van der Waals surface area contributed by atoms with Crippen molar-refractivity contribution in [3.05, 3.63) is 40.2 Å². The Bertz CT molecular complexity index is 580. The third-order valence-corrected chi connectivity index (χ3v) is 2.75. The van der Waals surface area contributed by atoms with Gasteiger partial charge in [0.2, 0.25) is 5.76 Å². The molecule has 5 nitrogen and oxygen atoms in total. The molecule has 0 spiro atoms. The number of ether oxygens (including phenoxy) is 1. The summed E-state index contributed by atoms with van der Waals surface area (Å²) < 4.78 is 10.9. The van der Waals surface area contributed by atoms with Crippen LogP contribution in [0.5, 0.6) is 5.75 Å². The molecule has 2 aromatic rings. The van der Waals surface area contributed by atoms with Crippen LogP contribution < -0.4 is 10.1 Å². The van der Waals surface area contributed by atoms with E-state index in [-0.39, 0.29) is 11.7 Å². The molecule has 0 radical (unpaired) electrons. The summed E-state index contributed by atoms with van der Waals surface area (Å²) in [6.45, 7) is 1.75. The first-order valence-corrected chi connectivity index (χ1v) is 5.97. The molecule has 1 heterocycles. The molecule has 1 amide bonds. The van der Waals surface area contributed by atoms with Gasteiger partial charge in [-0.15, -0.1) is 0 Å². The van der Waals surface area contributed by atoms with Gasteiger partial charge >= 0.3 is 0 Å². The second kappa shape index (κ2) is 5.22. The Balaban J connectivity index is 2.23. The van der Waals surface area contributed by atoms with Gasteiger partial charge < -0.3 is 14.6 Å². The Hall–Kier alpha value is -1.82. The number of hydrogen-bond acceptors (Lipinski definition) is 4. The zero-order chi connectivity index (χ0) is 13.1. The molecule has 0 atom stereocenters. The normalized spacial score (nSPS) is 10.2. The van der Waals surface area contributed by atoms with Crippen LogP contribution in [0.25, 0.3) is 0 Å².